The third kappa shape index (κ3) is 4.28. The van der Waals surface area contributed by atoms with E-state index in [1.165, 1.54) is 0 Å². The Morgan fingerprint density at radius 3 is 2.70 bits per heavy atom. The van der Waals surface area contributed by atoms with Gasteiger partial charge in [-0.05, 0) is 25.6 Å². The van der Waals surface area contributed by atoms with Gasteiger partial charge >= 0.3 is 0 Å². The van der Waals surface area contributed by atoms with E-state index in [1.54, 1.807) is 13.2 Å². The SMILES string of the molecule is CCC(N)C(c1ccccn1)N(C)CC(C)C(=O)NC. The third-order valence-corrected chi connectivity index (χ3v) is 3.60. The van der Waals surface area contributed by atoms with Crippen LogP contribution in [-0.4, -0.2) is 42.5 Å². The van der Waals surface area contributed by atoms with Gasteiger partial charge in [0.25, 0.3) is 0 Å². The molecule has 1 aromatic rings. The topological polar surface area (TPSA) is 71.2 Å². The summed E-state index contributed by atoms with van der Waals surface area (Å²) >= 11 is 0. The zero-order chi connectivity index (χ0) is 15.1. The Hall–Kier alpha value is -1.46. The smallest absolute Gasteiger partial charge is 0.223 e. The van der Waals surface area contributed by atoms with E-state index in [2.05, 4.69) is 22.1 Å². The van der Waals surface area contributed by atoms with Gasteiger partial charge in [0, 0.05) is 31.7 Å². The van der Waals surface area contributed by atoms with Crippen LogP contribution in [0.1, 0.15) is 32.0 Å². The molecule has 0 fully saturated rings. The summed E-state index contributed by atoms with van der Waals surface area (Å²) in [7, 11) is 3.65. The number of pyridine rings is 1. The van der Waals surface area contributed by atoms with Crippen molar-refractivity contribution in [1.82, 2.24) is 15.2 Å². The Labute approximate surface area is 121 Å². The van der Waals surface area contributed by atoms with Crippen LogP contribution >= 0.6 is 0 Å². The Morgan fingerprint density at radius 1 is 1.50 bits per heavy atom. The predicted molar refractivity (Wildman–Crippen MR) is 81.1 cm³/mol. The monoisotopic (exact) mass is 278 g/mol. The first-order chi connectivity index (χ1) is 9.51. The quantitative estimate of drug-likeness (QED) is 0.785. The van der Waals surface area contributed by atoms with Crippen LogP contribution in [0.3, 0.4) is 0 Å². The molecule has 1 heterocycles. The molecule has 1 aromatic heterocycles. The molecule has 1 amide bonds. The molecular weight excluding hydrogens is 252 g/mol. The molecule has 3 N–H and O–H groups in total. The Morgan fingerprint density at radius 2 is 2.20 bits per heavy atom. The van der Waals surface area contributed by atoms with Crippen molar-refractivity contribution >= 4 is 5.91 Å². The zero-order valence-electron chi connectivity index (χ0n) is 12.8. The van der Waals surface area contributed by atoms with Crippen LogP contribution in [0.15, 0.2) is 24.4 Å². The van der Waals surface area contributed by atoms with Gasteiger partial charge in [0.05, 0.1) is 11.7 Å². The maximum Gasteiger partial charge on any atom is 0.223 e. The minimum Gasteiger partial charge on any atom is -0.359 e. The number of carbonyl (C=O) groups excluding carboxylic acids is 1. The number of amides is 1. The zero-order valence-corrected chi connectivity index (χ0v) is 12.8. The van der Waals surface area contributed by atoms with Gasteiger partial charge in [-0.1, -0.05) is 19.9 Å². The van der Waals surface area contributed by atoms with Crippen molar-refractivity contribution in [2.75, 3.05) is 20.6 Å². The fraction of sp³-hybridized carbons (Fsp3) is 0.600. The molecule has 0 aliphatic carbocycles. The standard InChI is InChI=1S/C15H26N4O/c1-5-12(16)14(13-8-6-7-9-18-13)19(4)10-11(2)15(20)17-3/h6-9,11-12,14H,5,10,16H2,1-4H3,(H,17,20). The minimum absolute atomic E-state index is 0.00760. The molecule has 0 spiro atoms. The number of likely N-dealkylation sites (N-methyl/N-ethyl adjacent to an activating group) is 1. The van der Waals surface area contributed by atoms with E-state index in [1.807, 2.05) is 32.2 Å². The van der Waals surface area contributed by atoms with Crippen LogP contribution < -0.4 is 11.1 Å². The maximum absolute atomic E-state index is 11.7. The number of rotatable bonds is 7. The van der Waals surface area contributed by atoms with E-state index < -0.39 is 0 Å². The van der Waals surface area contributed by atoms with Crippen molar-refractivity contribution in [2.45, 2.75) is 32.4 Å². The molecule has 0 saturated carbocycles. The van der Waals surface area contributed by atoms with Crippen molar-refractivity contribution in [3.63, 3.8) is 0 Å². The van der Waals surface area contributed by atoms with E-state index in [9.17, 15) is 4.79 Å². The fourth-order valence-electron chi connectivity index (χ4n) is 2.42. The first kappa shape index (κ1) is 16.6. The van der Waals surface area contributed by atoms with Crippen molar-refractivity contribution < 1.29 is 4.79 Å². The fourth-order valence-corrected chi connectivity index (χ4v) is 2.42. The molecule has 0 radical (unpaired) electrons. The van der Waals surface area contributed by atoms with Gasteiger partial charge in [-0.3, -0.25) is 14.7 Å². The lowest BCUT2D eigenvalue weighted by molar-refractivity contribution is -0.124. The number of nitrogens with one attached hydrogen (secondary N) is 1. The Bertz CT molecular complexity index is 410. The van der Waals surface area contributed by atoms with Crippen LogP contribution in [0.5, 0.6) is 0 Å². The maximum atomic E-state index is 11.7. The third-order valence-electron chi connectivity index (χ3n) is 3.60. The highest BCUT2D eigenvalue weighted by Gasteiger charge is 2.26. The summed E-state index contributed by atoms with van der Waals surface area (Å²) in [6.07, 6.45) is 2.64. The molecule has 3 atom stereocenters. The predicted octanol–water partition coefficient (Wildman–Crippen LogP) is 1.17. The van der Waals surface area contributed by atoms with E-state index in [4.69, 9.17) is 5.73 Å². The second-order valence-corrected chi connectivity index (χ2v) is 5.23. The molecule has 0 saturated heterocycles. The highest BCUT2D eigenvalue weighted by molar-refractivity contribution is 5.78. The number of nitrogens with zero attached hydrogens (tertiary/aromatic N) is 2. The normalized spacial score (nSPS) is 15.7. The first-order valence-electron chi connectivity index (χ1n) is 7.09. The molecule has 5 heteroatoms. The van der Waals surface area contributed by atoms with Crippen molar-refractivity contribution in [3.05, 3.63) is 30.1 Å². The summed E-state index contributed by atoms with van der Waals surface area (Å²) in [6, 6.07) is 5.86. The van der Waals surface area contributed by atoms with Gasteiger partial charge in [-0.15, -0.1) is 0 Å². The van der Waals surface area contributed by atoms with Crippen molar-refractivity contribution in [3.8, 4) is 0 Å². The molecular formula is C15H26N4O. The van der Waals surface area contributed by atoms with E-state index in [0.29, 0.717) is 6.54 Å². The molecule has 0 aliphatic heterocycles. The van der Waals surface area contributed by atoms with Crippen LogP contribution in [0, 0.1) is 5.92 Å². The number of carbonyl (C=O) groups is 1. The van der Waals surface area contributed by atoms with Crippen LogP contribution in [0.2, 0.25) is 0 Å². The van der Waals surface area contributed by atoms with Crippen molar-refractivity contribution in [1.29, 1.82) is 0 Å². The second-order valence-electron chi connectivity index (χ2n) is 5.23. The Kier molecular flexibility index (Phi) is 6.61. The van der Waals surface area contributed by atoms with Crippen LogP contribution in [0.25, 0.3) is 0 Å². The lowest BCUT2D eigenvalue weighted by atomic mass is 9.99. The molecule has 0 aliphatic rings. The number of hydrogen-bond donors (Lipinski definition) is 2. The second kappa shape index (κ2) is 7.97. The van der Waals surface area contributed by atoms with Gasteiger partial charge in [-0.25, -0.2) is 0 Å². The average molecular weight is 278 g/mol. The molecule has 20 heavy (non-hydrogen) atoms. The lowest BCUT2D eigenvalue weighted by Gasteiger charge is -2.33. The highest BCUT2D eigenvalue weighted by Crippen LogP contribution is 2.22. The highest BCUT2D eigenvalue weighted by atomic mass is 16.1. The molecule has 0 aromatic carbocycles. The molecule has 5 nitrogen and oxygen atoms in total. The average Bonchev–Trinajstić information content (AvgIpc) is 2.47. The van der Waals surface area contributed by atoms with Crippen molar-refractivity contribution in [2.24, 2.45) is 11.7 Å². The molecule has 112 valence electrons. The van der Waals surface area contributed by atoms with Gasteiger partial charge in [-0.2, -0.15) is 0 Å². The van der Waals surface area contributed by atoms with E-state index in [-0.39, 0.29) is 23.9 Å². The number of aromatic nitrogens is 1. The first-order valence-corrected chi connectivity index (χ1v) is 7.09. The summed E-state index contributed by atoms with van der Waals surface area (Å²) in [5.74, 6) is -0.0399. The lowest BCUT2D eigenvalue weighted by Crippen LogP contribution is -2.43. The molecule has 3 unspecified atom stereocenters. The van der Waals surface area contributed by atoms with Gasteiger partial charge in [0.2, 0.25) is 5.91 Å². The summed E-state index contributed by atoms with van der Waals surface area (Å²) in [4.78, 5) is 18.2. The largest absolute Gasteiger partial charge is 0.359 e. The Balaban J connectivity index is 2.86. The van der Waals surface area contributed by atoms with Gasteiger partial charge < -0.3 is 11.1 Å². The minimum atomic E-state index is -0.0831. The number of nitrogens with two attached hydrogens (primary N) is 1. The summed E-state index contributed by atoms with van der Waals surface area (Å²) in [5, 5.41) is 2.68. The van der Waals surface area contributed by atoms with Crippen LogP contribution in [-0.2, 0) is 4.79 Å². The molecule has 1 rings (SSSR count). The summed E-state index contributed by atoms with van der Waals surface area (Å²) in [6.45, 7) is 4.63. The summed E-state index contributed by atoms with van der Waals surface area (Å²) in [5.41, 5.74) is 7.20. The van der Waals surface area contributed by atoms with E-state index >= 15 is 0 Å². The summed E-state index contributed by atoms with van der Waals surface area (Å²) < 4.78 is 0. The van der Waals surface area contributed by atoms with E-state index in [0.717, 1.165) is 12.1 Å². The molecule has 0 bridgehead atoms. The number of hydrogen-bond acceptors (Lipinski definition) is 4. The van der Waals surface area contributed by atoms with Gasteiger partial charge in [0.15, 0.2) is 0 Å². The van der Waals surface area contributed by atoms with Gasteiger partial charge in [0.1, 0.15) is 0 Å². The van der Waals surface area contributed by atoms with Crippen LogP contribution in [0.4, 0.5) is 0 Å².